The maximum atomic E-state index is 12.8. The molecule has 3 amide bonds. The smallest absolute Gasteiger partial charge is 0.389 e. The van der Waals surface area contributed by atoms with Crippen LogP contribution in [0.25, 0.3) is 0 Å². The van der Waals surface area contributed by atoms with Gasteiger partial charge in [-0.25, -0.2) is 4.79 Å². The van der Waals surface area contributed by atoms with E-state index in [0.717, 1.165) is 23.3 Å². The van der Waals surface area contributed by atoms with Crippen molar-refractivity contribution >= 4 is 11.9 Å². The van der Waals surface area contributed by atoms with E-state index in [4.69, 9.17) is 4.74 Å². The first-order chi connectivity index (χ1) is 16.4. The third kappa shape index (κ3) is 6.67. The molecule has 1 saturated carbocycles. The van der Waals surface area contributed by atoms with Crippen molar-refractivity contribution in [2.24, 2.45) is 0 Å². The molecule has 0 aromatic heterocycles. The van der Waals surface area contributed by atoms with Crippen molar-refractivity contribution in [1.82, 2.24) is 15.5 Å². The van der Waals surface area contributed by atoms with E-state index in [1.54, 1.807) is 7.11 Å². The van der Waals surface area contributed by atoms with E-state index in [0.29, 0.717) is 13.0 Å². The minimum absolute atomic E-state index is 0.0511. The molecule has 0 radical (unpaired) electrons. The predicted octanol–water partition coefficient (Wildman–Crippen LogP) is 3.85. The fourth-order valence-corrected chi connectivity index (χ4v) is 5.25. The molecule has 1 atom stereocenters. The van der Waals surface area contributed by atoms with Gasteiger partial charge in [0.15, 0.2) is 0 Å². The average Bonchev–Trinajstić information content (AvgIpc) is 3.07. The summed E-state index contributed by atoms with van der Waals surface area (Å²) >= 11 is 0. The summed E-state index contributed by atoms with van der Waals surface area (Å²) < 4.78 is 43.7. The number of alkyl halides is 3. The molecule has 2 aliphatic rings. The summed E-state index contributed by atoms with van der Waals surface area (Å²) in [4.78, 5) is 25.8. The predicted molar refractivity (Wildman–Crippen MR) is 125 cm³/mol. The van der Waals surface area contributed by atoms with Crippen LogP contribution < -0.4 is 15.4 Å². The van der Waals surface area contributed by atoms with Gasteiger partial charge in [-0.2, -0.15) is 13.2 Å². The molecule has 1 aliphatic carbocycles. The molecule has 0 bridgehead atoms. The zero-order valence-corrected chi connectivity index (χ0v) is 20.6. The third-order valence-corrected chi connectivity index (χ3v) is 7.66. The quantitative estimate of drug-likeness (QED) is 0.426. The van der Waals surface area contributed by atoms with Crippen LogP contribution in [0.4, 0.5) is 18.0 Å². The number of hydrogen-bond acceptors (Lipinski definition) is 5. The number of nitrogens with zero attached hydrogens (tertiary/aromatic N) is 1. The van der Waals surface area contributed by atoms with Crippen molar-refractivity contribution in [1.29, 1.82) is 0 Å². The van der Waals surface area contributed by atoms with Crippen molar-refractivity contribution < 1.29 is 32.6 Å². The zero-order valence-electron chi connectivity index (χ0n) is 20.6. The van der Waals surface area contributed by atoms with Crippen LogP contribution in [0, 0.1) is 6.92 Å². The molecule has 10 heteroatoms. The molecule has 1 aliphatic heterocycles. The molecule has 1 aromatic carbocycles. The van der Waals surface area contributed by atoms with Crippen LogP contribution in [0.1, 0.15) is 63.0 Å². The number of rotatable bonds is 10. The zero-order chi connectivity index (χ0) is 25.9. The summed E-state index contributed by atoms with van der Waals surface area (Å²) in [6.07, 6.45) is -2.60. The number of nitrogens with one attached hydrogen (secondary N) is 2. The van der Waals surface area contributed by atoms with Crippen LogP contribution in [0.5, 0.6) is 5.75 Å². The number of carbonyl (C=O) groups excluding carboxylic acids is 2. The Kier molecular flexibility index (Phi) is 8.36. The van der Waals surface area contributed by atoms with Gasteiger partial charge in [-0.1, -0.05) is 6.07 Å². The van der Waals surface area contributed by atoms with E-state index in [2.05, 4.69) is 10.6 Å². The summed E-state index contributed by atoms with van der Waals surface area (Å²) in [5.41, 5.74) is 0.0703. The molecule has 1 saturated heterocycles. The highest BCUT2D eigenvalue weighted by Crippen LogP contribution is 2.40. The van der Waals surface area contributed by atoms with Gasteiger partial charge in [0.05, 0.1) is 12.7 Å². The number of carbonyl (C=O) groups is 2. The van der Waals surface area contributed by atoms with Gasteiger partial charge < -0.3 is 15.2 Å². The lowest BCUT2D eigenvalue weighted by Gasteiger charge is -2.47. The number of imide groups is 1. The summed E-state index contributed by atoms with van der Waals surface area (Å²) in [5.74, 6) is 0.377. The van der Waals surface area contributed by atoms with E-state index in [9.17, 15) is 27.9 Å². The maximum absolute atomic E-state index is 12.8. The van der Waals surface area contributed by atoms with Crippen LogP contribution >= 0.6 is 0 Å². The fraction of sp³-hybridized carbons (Fsp3) is 0.680. The molecule has 1 aromatic rings. The third-order valence-electron chi connectivity index (χ3n) is 7.66. The van der Waals surface area contributed by atoms with E-state index in [-0.39, 0.29) is 44.6 Å². The second-order valence-corrected chi connectivity index (χ2v) is 9.92. The maximum Gasteiger partial charge on any atom is 0.389 e. The van der Waals surface area contributed by atoms with Gasteiger partial charge in [0.2, 0.25) is 0 Å². The first-order valence-electron chi connectivity index (χ1n) is 12.2. The van der Waals surface area contributed by atoms with Crippen LogP contribution in [0.2, 0.25) is 0 Å². The molecule has 2 fully saturated rings. The summed E-state index contributed by atoms with van der Waals surface area (Å²) in [6.45, 7) is 4.59. The lowest BCUT2D eigenvalue weighted by molar-refractivity contribution is -0.138. The van der Waals surface area contributed by atoms with Crippen molar-refractivity contribution in [3.63, 3.8) is 0 Å². The molecular weight excluding hydrogens is 463 g/mol. The number of aryl methyl sites for hydroxylation is 2. The van der Waals surface area contributed by atoms with Crippen molar-refractivity contribution in [2.45, 2.75) is 88.6 Å². The second kappa shape index (κ2) is 10.7. The Hall–Kier alpha value is -2.33. The first kappa shape index (κ1) is 27.3. The van der Waals surface area contributed by atoms with Gasteiger partial charge in [-0.3, -0.25) is 15.0 Å². The lowest BCUT2D eigenvalue weighted by Crippen LogP contribution is -2.59. The highest BCUT2D eigenvalue weighted by atomic mass is 19.4. The van der Waals surface area contributed by atoms with E-state index in [1.807, 2.05) is 36.9 Å². The standard InChI is InChI=1S/C25H36F3N3O4/c1-17-7-8-20(35-3)16-19(17)6-4-14-31(15-5-9-25(26,27)28)18(2)24(34)12-10-23(11-13-24)21(32)29-22(33)30-23/h7-8,16,18,34H,4-6,9-15H2,1-3H3,(H2,29,30,32,33)/t18-,23?,24?/m1/s1. The van der Waals surface area contributed by atoms with Crippen LogP contribution in [-0.2, 0) is 11.2 Å². The Morgan fingerprint density at radius 3 is 2.37 bits per heavy atom. The van der Waals surface area contributed by atoms with Crippen molar-refractivity contribution in [3.05, 3.63) is 29.3 Å². The summed E-state index contributed by atoms with van der Waals surface area (Å²) in [5, 5.41) is 16.4. The largest absolute Gasteiger partial charge is 0.497 e. The fourth-order valence-electron chi connectivity index (χ4n) is 5.25. The first-order valence-corrected chi connectivity index (χ1v) is 12.2. The van der Waals surface area contributed by atoms with Crippen LogP contribution in [0.3, 0.4) is 0 Å². The summed E-state index contributed by atoms with van der Waals surface area (Å²) in [7, 11) is 1.61. The monoisotopic (exact) mass is 499 g/mol. The molecule has 35 heavy (non-hydrogen) atoms. The minimum atomic E-state index is -4.23. The Morgan fingerprint density at radius 2 is 1.80 bits per heavy atom. The Morgan fingerprint density at radius 1 is 1.14 bits per heavy atom. The number of aliphatic hydroxyl groups is 1. The van der Waals surface area contributed by atoms with Gasteiger partial charge >= 0.3 is 12.2 Å². The van der Waals surface area contributed by atoms with Crippen molar-refractivity contribution in [3.8, 4) is 5.75 Å². The van der Waals surface area contributed by atoms with E-state index >= 15 is 0 Å². The molecule has 7 nitrogen and oxygen atoms in total. The number of hydrogen-bond donors (Lipinski definition) is 3. The SMILES string of the molecule is COc1ccc(C)c(CCCN(CCCC(F)(F)F)[C@H](C)C2(O)CCC3(CC2)NC(=O)NC3=O)c1. The van der Waals surface area contributed by atoms with Gasteiger partial charge in [0.1, 0.15) is 11.3 Å². The molecule has 196 valence electrons. The highest BCUT2D eigenvalue weighted by Gasteiger charge is 2.53. The van der Waals surface area contributed by atoms with Crippen molar-refractivity contribution in [2.75, 3.05) is 20.2 Å². The lowest BCUT2D eigenvalue weighted by atomic mass is 9.71. The average molecular weight is 500 g/mol. The molecule has 3 rings (SSSR count). The van der Waals surface area contributed by atoms with Gasteiger partial charge in [0.25, 0.3) is 5.91 Å². The Bertz CT molecular complexity index is 914. The highest BCUT2D eigenvalue weighted by molar-refractivity contribution is 6.07. The number of amides is 3. The number of methoxy groups -OCH3 is 1. The molecule has 0 unspecified atom stereocenters. The summed E-state index contributed by atoms with van der Waals surface area (Å²) in [6, 6.07) is 4.91. The Labute approximate surface area is 204 Å². The number of urea groups is 1. The van der Waals surface area contributed by atoms with Gasteiger partial charge in [-0.05, 0) is 95.1 Å². The second-order valence-electron chi connectivity index (χ2n) is 9.92. The topological polar surface area (TPSA) is 90.9 Å². The van der Waals surface area contributed by atoms with Crippen LogP contribution in [-0.4, -0.2) is 65.5 Å². The normalized spacial score (nSPS) is 25.6. The molecule has 1 heterocycles. The van der Waals surface area contributed by atoms with E-state index < -0.39 is 35.8 Å². The number of halogens is 3. The minimum Gasteiger partial charge on any atom is -0.497 e. The number of benzene rings is 1. The molecule has 3 N–H and O–H groups in total. The van der Waals surface area contributed by atoms with Crippen LogP contribution in [0.15, 0.2) is 18.2 Å². The van der Waals surface area contributed by atoms with Gasteiger partial charge in [-0.15, -0.1) is 0 Å². The van der Waals surface area contributed by atoms with E-state index in [1.165, 1.54) is 0 Å². The number of ether oxygens (including phenoxy) is 1. The van der Waals surface area contributed by atoms with Gasteiger partial charge in [0, 0.05) is 12.5 Å². The molecular formula is C25H36F3N3O4. The molecule has 1 spiro atoms. The Balaban J connectivity index is 1.66.